The zero-order valence-electron chi connectivity index (χ0n) is 17.0. The third-order valence-electron chi connectivity index (χ3n) is 4.64. The fraction of sp³-hybridized carbons (Fsp3) is 0.318. The number of ether oxygens (including phenoxy) is 1. The van der Waals surface area contributed by atoms with Crippen molar-refractivity contribution in [2.45, 2.75) is 45.4 Å². The van der Waals surface area contributed by atoms with Crippen molar-refractivity contribution in [3.63, 3.8) is 0 Å². The Morgan fingerprint density at radius 3 is 2.41 bits per heavy atom. The van der Waals surface area contributed by atoms with E-state index in [1.54, 1.807) is 50.2 Å². The average molecular weight is 416 g/mol. The molecule has 154 valence electrons. The molecule has 0 saturated carbocycles. The number of sulfonamides is 1. The van der Waals surface area contributed by atoms with Crippen LogP contribution in [0.15, 0.2) is 45.7 Å². The third kappa shape index (κ3) is 4.29. The number of esters is 1. The summed E-state index contributed by atoms with van der Waals surface area (Å²) >= 11 is 0. The lowest BCUT2D eigenvalue weighted by atomic mass is 10.1. The number of carbonyl (C=O) groups is 1. The van der Waals surface area contributed by atoms with Crippen LogP contribution in [0.1, 0.15) is 47.5 Å². The lowest BCUT2D eigenvalue weighted by Crippen LogP contribution is -2.14. The minimum Gasteiger partial charge on any atom is -0.462 e. The van der Waals surface area contributed by atoms with Crippen LogP contribution >= 0.6 is 0 Å². The van der Waals surface area contributed by atoms with Gasteiger partial charge in [0.2, 0.25) is 0 Å². The molecule has 0 aliphatic rings. The van der Waals surface area contributed by atoms with Crippen molar-refractivity contribution >= 4 is 32.6 Å². The number of aryl methyl sites for hydroxylation is 3. The number of anilines is 1. The van der Waals surface area contributed by atoms with E-state index < -0.39 is 16.0 Å². The quantitative estimate of drug-likeness (QED) is 0.550. The molecule has 0 aliphatic heterocycles. The number of benzene rings is 2. The second-order valence-electron chi connectivity index (χ2n) is 6.95. The van der Waals surface area contributed by atoms with E-state index in [4.69, 9.17) is 9.15 Å². The summed E-state index contributed by atoms with van der Waals surface area (Å²) in [6.07, 6.45) is 1.39. The van der Waals surface area contributed by atoms with E-state index in [9.17, 15) is 13.2 Å². The summed E-state index contributed by atoms with van der Waals surface area (Å²) in [5, 5.41) is 0.541. The van der Waals surface area contributed by atoms with E-state index in [1.807, 2.05) is 13.8 Å². The number of hydrogen-bond acceptors (Lipinski definition) is 5. The van der Waals surface area contributed by atoms with Gasteiger partial charge in [-0.1, -0.05) is 24.6 Å². The second kappa shape index (κ2) is 8.29. The first-order chi connectivity index (χ1) is 13.8. The summed E-state index contributed by atoms with van der Waals surface area (Å²) < 4.78 is 39.3. The zero-order valence-corrected chi connectivity index (χ0v) is 17.9. The molecule has 0 atom stereocenters. The minimum absolute atomic E-state index is 0.173. The van der Waals surface area contributed by atoms with Crippen LogP contribution in [0, 0.1) is 13.8 Å². The fourth-order valence-electron chi connectivity index (χ4n) is 3.16. The van der Waals surface area contributed by atoms with Crippen LogP contribution in [0.5, 0.6) is 0 Å². The van der Waals surface area contributed by atoms with Gasteiger partial charge in [-0.2, -0.15) is 0 Å². The van der Waals surface area contributed by atoms with Gasteiger partial charge in [0.15, 0.2) is 0 Å². The molecule has 0 fully saturated rings. The Bertz CT molecular complexity index is 1140. The molecule has 0 unspecified atom stereocenters. The molecule has 1 N–H and O–H groups in total. The van der Waals surface area contributed by atoms with Gasteiger partial charge in [-0.15, -0.1) is 0 Å². The molecule has 6 nitrogen and oxygen atoms in total. The van der Waals surface area contributed by atoms with Crippen LogP contribution < -0.4 is 4.72 Å². The molecular formula is C22H25NO5S. The monoisotopic (exact) mass is 415 g/mol. The van der Waals surface area contributed by atoms with Crippen LogP contribution in [-0.2, 0) is 21.2 Å². The number of hydrogen-bond donors (Lipinski definition) is 1. The van der Waals surface area contributed by atoms with Gasteiger partial charge in [-0.25, -0.2) is 13.2 Å². The summed E-state index contributed by atoms with van der Waals surface area (Å²) in [6.45, 7) is 7.67. The van der Waals surface area contributed by atoms with Crippen molar-refractivity contribution < 1.29 is 22.4 Å². The van der Waals surface area contributed by atoms with Gasteiger partial charge in [-0.3, -0.25) is 4.72 Å². The maximum atomic E-state index is 12.8. The van der Waals surface area contributed by atoms with Crippen molar-refractivity contribution in [1.29, 1.82) is 0 Å². The Balaban J connectivity index is 2.09. The van der Waals surface area contributed by atoms with E-state index in [-0.39, 0.29) is 11.5 Å². The summed E-state index contributed by atoms with van der Waals surface area (Å²) in [5.41, 5.74) is 2.96. The molecular weight excluding hydrogens is 390 g/mol. The Hall–Kier alpha value is -2.80. The first kappa shape index (κ1) is 20.9. The second-order valence-corrected chi connectivity index (χ2v) is 8.63. The fourth-order valence-corrected chi connectivity index (χ4v) is 4.28. The van der Waals surface area contributed by atoms with Gasteiger partial charge in [-0.05, 0) is 57.0 Å². The normalized spacial score (nSPS) is 11.6. The molecule has 2 aromatic carbocycles. The number of rotatable bonds is 7. The molecule has 1 aromatic heterocycles. The Labute approximate surface area is 170 Å². The van der Waals surface area contributed by atoms with E-state index in [1.165, 1.54) is 0 Å². The molecule has 0 spiro atoms. The SMILES string of the molecule is CCCc1oc2cc(C)c(NS(=O)(=O)c3ccc(C)cc3)cc2c1C(=O)OCC. The van der Waals surface area contributed by atoms with Gasteiger partial charge in [0, 0.05) is 11.8 Å². The molecule has 29 heavy (non-hydrogen) atoms. The summed E-state index contributed by atoms with van der Waals surface area (Å²) in [4.78, 5) is 12.7. The lowest BCUT2D eigenvalue weighted by molar-refractivity contribution is 0.0526. The highest BCUT2D eigenvalue weighted by Crippen LogP contribution is 2.33. The third-order valence-corrected chi connectivity index (χ3v) is 6.02. The Morgan fingerprint density at radius 1 is 1.10 bits per heavy atom. The molecule has 7 heteroatoms. The minimum atomic E-state index is -3.76. The summed E-state index contributed by atoms with van der Waals surface area (Å²) in [7, 11) is -3.76. The Morgan fingerprint density at radius 2 is 1.79 bits per heavy atom. The highest BCUT2D eigenvalue weighted by atomic mass is 32.2. The molecule has 0 aliphatic carbocycles. The van der Waals surface area contributed by atoms with Crippen molar-refractivity contribution in [3.8, 4) is 0 Å². The van der Waals surface area contributed by atoms with Crippen molar-refractivity contribution in [2.24, 2.45) is 0 Å². The van der Waals surface area contributed by atoms with Gasteiger partial charge >= 0.3 is 5.97 Å². The largest absolute Gasteiger partial charge is 0.462 e. The van der Waals surface area contributed by atoms with Crippen LogP contribution in [0.25, 0.3) is 11.0 Å². The smallest absolute Gasteiger partial charge is 0.342 e. The lowest BCUT2D eigenvalue weighted by Gasteiger charge is -2.11. The molecule has 0 radical (unpaired) electrons. The molecule has 3 aromatic rings. The van der Waals surface area contributed by atoms with E-state index >= 15 is 0 Å². The van der Waals surface area contributed by atoms with Gasteiger partial charge in [0.05, 0.1) is 17.2 Å². The number of carbonyl (C=O) groups excluding carboxylic acids is 1. The Kier molecular flexibility index (Phi) is 5.98. The van der Waals surface area contributed by atoms with Crippen LogP contribution in [0.3, 0.4) is 0 Å². The first-order valence-electron chi connectivity index (χ1n) is 9.59. The molecule has 1 heterocycles. The van der Waals surface area contributed by atoms with Crippen LogP contribution in [-0.4, -0.2) is 21.0 Å². The topological polar surface area (TPSA) is 85.6 Å². The summed E-state index contributed by atoms with van der Waals surface area (Å²) in [5.74, 6) is 0.0878. The van der Waals surface area contributed by atoms with Crippen molar-refractivity contribution in [3.05, 3.63) is 58.8 Å². The maximum absolute atomic E-state index is 12.8. The molecule has 0 amide bonds. The van der Waals surface area contributed by atoms with E-state index in [0.717, 1.165) is 12.0 Å². The zero-order chi connectivity index (χ0) is 21.2. The van der Waals surface area contributed by atoms with E-state index in [0.29, 0.717) is 40.0 Å². The molecule has 0 bridgehead atoms. The number of fused-ring (bicyclic) bond motifs is 1. The van der Waals surface area contributed by atoms with E-state index in [2.05, 4.69) is 4.72 Å². The van der Waals surface area contributed by atoms with Crippen molar-refractivity contribution in [2.75, 3.05) is 11.3 Å². The first-order valence-corrected chi connectivity index (χ1v) is 11.1. The maximum Gasteiger partial charge on any atom is 0.342 e. The van der Waals surface area contributed by atoms with Gasteiger partial charge in [0.1, 0.15) is 16.9 Å². The standard InChI is InChI=1S/C22H25NO5S/c1-5-7-19-21(22(24)27-6-2)17-13-18(15(4)12-20(17)28-19)23-29(25,26)16-10-8-14(3)9-11-16/h8-13,23H,5-7H2,1-4H3. The number of furan rings is 1. The number of nitrogens with one attached hydrogen (secondary N) is 1. The predicted molar refractivity (Wildman–Crippen MR) is 113 cm³/mol. The highest BCUT2D eigenvalue weighted by Gasteiger charge is 2.23. The average Bonchev–Trinajstić information content (AvgIpc) is 2.99. The van der Waals surface area contributed by atoms with Crippen LogP contribution in [0.4, 0.5) is 5.69 Å². The van der Waals surface area contributed by atoms with Crippen molar-refractivity contribution in [1.82, 2.24) is 0 Å². The molecule has 0 saturated heterocycles. The molecule has 3 rings (SSSR count). The van der Waals surface area contributed by atoms with Crippen LogP contribution in [0.2, 0.25) is 0 Å². The summed E-state index contributed by atoms with van der Waals surface area (Å²) in [6, 6.07) is 10.0. The van der Waals surface area contributed by atoms with Gasteiger partial charge < -0.3 is 9.15 Å². The highest BCUT2D eigenvalue weighted by molar-refractivity contribution is 7.92. The predicted octanol–water partition coefficient (Wildman–Crippen LogP) is 4.98. The van der Waals surface area contributed by atoms with Gasteiger partial charge in [0.25, 0.3) is 10.0 Å².